The highest BCUT2D eigenvalue weighted by atomic mass is 19.1. The molecule has 0 bridgehead atoms. The third-order valence-electron chi connectivity index (χ3n) is 2.32. The van der Waals surface area contributed by atoms with Crippen LogP contribution in [-0.4, -0.2) is 31.3 Å². The van der Waals surface area contributed by atoms with E-state index in [9.17, 15) is 9.18 Å². The predicted molar refractivity (Wildman–Crippen MR) is 59.1 cm³/mol. The lowest BCUT2D eigenvalue weighted by molar-refractivity contribution is 0.0954. The van der Waals surface area contributed by atoms with Crippen molar-refractivity contribution in [3.8, 4) is 0 Å². The van der Waals surface area contributed by atoms with Gasteiger partial charge in [0.05, 0.1) is 18.4 Å². The highest BCUT2D eigenvalue weighted by Gasteiger charge is 2.16. The largest absolute Gasteiger partial charge is 0.461 e. The molecule has 2 rings (SSSR count). The van der Waals surface area contributed by atoms with Crippen LogP contribution in [0.25, 0.3) is 11.0 Å². The maximum atomic E-state index is 13.9. The van der Waals surface area contributed by atoms with Crippen molar-refractivity contribution in [2.45, 2.75) is 0 Å². The molecule has 0 N–H and O–H groups in total. The molecule has 0 saturated heterocycles. The predicted octanol–water partition coefficient (Wildman–Crippen LogP) is 2.32. The molecule has 0 unspecified atom stereocenters. The van der Waals surface area contributed by atoms with Gasteiger partial charge in [0.15, 0.2) is 17.2 Å². The van der Waals surface area contributed by atoms with Crippen LogP contribution in [0.3, 0.4) is 0 Å². The molecule has 0 aliphatic rings. The van der Waals surface area contributed by atoms with Crippen LogP contribution in [0.15, 0.2) is 28.9 Å². The molecule has 1 heterocycles. The lowest BCUT2D eigenvalue weighted by Gasteiger charge is -2.08. The first-order valence-electron chi connectivity index (χ1n) is 4.93. The number of nitrogens with zero attached hydrogens (tertiary/aromatic N) is 1. The summed E-state index contributed by atoms with van der Waals surface area (Å²) in [4.78, 5) is 13.4. The number of benzene rings is 1. The van der Waals surface area contributed by atoms with Gasteiger partial charge in [-0.2, -0.15) is 0 Å². The van der Waals surface area contributed by atoms with Crippen LogP contribution < -0.4 is 0 Å². The second-order valence-corrected chi connectivity index (χ2v) is 3.93. The number of hydrogen-bond donors (Lipinski definition) is 0. The first kappa shape index (κ1) is 10.8. The fourth-order valence-electron chi connectivity index (χ4n) is 1.59. The number of ketones is 1. The Labute approximate surface area is 92.5 Å². The number of carbonyl (C=O) groups is 1. The Morgan fingerprint density at radius 2 is 2.12 bits per heavy atom. The molecule has 0 atom stereocenters. The molecule has 0 aliphatic carbocycles. The monoisotopic (exact) mass is 221 g/mol. The number of fused-ring (bicyclic) bond motifs is 1. The molecule has 0 fully saturated rings. The Kier molecular flexibility index (Phi) is 2.75. The van der Waals surface area contributed by atoms with E-state index in [1.165, 1.54) is 12.3 Å². The molecule has 0 saturated carbocycles. The van der Waals surface area contributed by atoms with E-state index in [0.29, 0.717) is 5.39 Å². The summed E-state index contributed by atoms with van der Waals surface area (Å²) in [6.07, 6.45) is 1.41. The van der Waals surface area contributed by atoms with Gasteiger partial charge in [0.2, 0.25) is 0 Å². The van der Waals surface area contributed by atoms with E-state index in [-0.39, 0.29) is 23.5 Å². The van der Waals surface area contributed by atoms with E-state index < -0.39 is 5.82 Å². The molecule has 0 aliphatic heterocycles. The van der Waals surface area contributed by atoms with Gasteiger partial charge in [0, 0.05) is 5.39 Å². The summed E-state index contributed by atoms with van der Waals surface area (Å²) in [5.74, 6) is -0.824. The molecule has 1 aromatic carbocycles. The average Bonchev–Trinajstić information content (AvgIpc) is 2.65. The minimum absolute atomic E-state index is 0.0798. The van der Waals surface area contributed by atoms with Crippen molar-refractivity contribution < 1.29 is 13.6 Å². The van der Waals surface area contributed by atoms with Crippen molar-refractivity contribution in [3.63, 3.8) is 0 Å². The van der Waals surface area contributed by atoms with E-state index in [4.69, 9.17) is 4.42 Å². The Hall–Kier alpha value is -1.68. The van der Waals surface area contributed by atoms with E-state index in [2.05, 4.69) is 0 Å². The number of halogens is 1. The lowest BCUT2D eigenvalue weighted by atomic mass is 10.1. The third kappa shape index (κ3) is 1.84. The number of Topliss-reactive ketones (excluding diaryl/α,β-unsaturated/α-hetero) is 1. The Bertz CT molecular complexity index is 531. The second-order valence-electron chi connectivity index (χ2n) is 3.93. The van der Waals surface area contributed by atoms with Crippen LogP contribution in [0, 0.1) is 5.82 Å². The normalized spacial score (nSPS) is 11.2. The molecular weight excluding hydrogens is 209 g/mol. The molecule has 0 radical (unpaired) electrons. The highest BCUT2D eigenvalue weighted by Crippen LogP contribution is 2.22. The standard InChI is InChI=1S/C12H12FNO2/c1-14(2)7-10(15)9-4-3-8-5-6-16-12(8)11(9)13/h3-6H,7H2,1-2H3. The van der Waals surface area contributed by atoms with Crippen molar-refractivity contribution in [2.75, 3.05) is 20.6 Å². The highest BCUT2D eigenvalue weighted by molar-refractivity contribution is 6.00. The smallest absolute Gasteiger partial charge is 0.179 e. The molecule has 0 amide bonds. The van der Waals surface area contributed by atoms with Gasteiger partial charge in [-0.15, -0.1) is 0 Å². The summed E-state index contributed by atoms with van der Waals surface area (Å²) >= 11 is 0. The Morgan fingerprint density at radius 3 is 2.81 bits per heavy atom. The molecule has 84 valence electrons. The molecule has 2 aromatic rings. The van der Waals surface area contributed by atoms with E-state index in [1.807, 2.05) is 0 Å². The van der Waals surface area contributed by atoms with Gasteiger partial charge in [0.25, 0.3) is 0 Å². The van der Waals surface area contributed by atoms with Crippen LogP contribution in [0.1, 0.15) is 10.4 Å². The number of likely N-dealkylation sites (N-methyl/N-ethyl adjacent to an activating group) is 1. The van der Waals surface area contributed by atoms with Crippen molar-refractivity contribution >= 4 is 16.8 Å². The summed E-state index contributed by atoms with van der Waals surface area (Å²) in [6, 6.07) is 4.85. The summed E-state index contributed by atoms with van der Waals surface area (Å²) in [5.41, 5.74) is 0.223. The van der Waals surface area contributed by atoms with E-state index in [1.54, 1.807) is 31.1 Å². The van der Waals surface area contributed by atoms with Gasteiger partial charge in [-0.05, 0) is 26.2 Å². The Morgan fingerprint density at radius 1 is 1.38 bits per heavy atom. The zero-order valence-electron chi connectivity index (χ0n) is 9.16. The summed E-state index contributed by atoms with van der Waals surface area (Å²) in [5, 5.41) is 0.666. The number of furan rings is 1. The molecule has 16 heavy (non-hydrogen) atoms. The van der Waals surface area contributed by atoms with E-state index in [0.717, 1.165) is 0 Å². The fraction of sp³-hybridized carbons (Fsp3) is 0.250. The minimum atomic E-state index is -0.575. The van der Waals surface area contributed by atoms with Crippen molar-refractivity contribution in [3.05, 3.63) is 35.8 Å². The van der Waals surface area contributed by atoms with Crippen LogP contribution in [-0.2, 0) is 0 Å². The minimum Gasteiger partial charge on any atom is -0.461 e. The van der Waals surface area contributed by atoms with Gasteiger partial charge < -0.3 is 9.32 Å². The van der Waals surface area contributed by atoms with Crippen molar-refractivity contribution in [1.29, 1.82) is 0 Å². The van der Waals surface area contributed by atoms with Gasteiger partial charge in [0.1, 0.15) is 0 Å². The SMILES string of the molecule is CN(C)CC(=O)c1ccc2ccoc2c1F. The van der Waals surface area contributed by atoms with Crippen molar-refractivity contribution in [2.24, 2.45) is 0 Å². The van der Waals surface area contributed by atoms with Crippen molar-refractivity contribution in [1.82, 2.24) is 4.90 Å². The first-order chi connectivity index (χ1) is 7.59. The molecule has 1 aromatic heterocycles. The van der Waals surface area contributed by atoms with Gasteiger partial charge in [-0.3, -0.25) is 4.79 Å². The molecule has 0 spiro atoms. The maximum Gasteiger partial charge on any atom is 0.179 e. The third-order valence-corrected chi connectivity index (χ3v) is 2.32. The Balaban J connectivity index is 2.44. The van der Waals surface area contributed by atoms with Gasteiger partial charge >= 0.3 is 0 Å². The summed E-state index contributed by atoms with van der Waals surface area (Å²) in [6.45, 7) is 0.184. The molecule has 3 nitrogen and oxygen atoms in total. The number of hydrogen-bond acceptors (Lipinski definition) is 3. The topological polar surface area (TPSA) is 33.5 Å². The average molecular weight is 221 g/mol. The van der Waals surface area contributed by atoms with Crippen LogP contribution in [0.4, 0.5) is 4.39 Å². The van der Waals surface area contributed by atoms with Crippen LogP contribution in [0.2, 0.25) is 0 Å². The lowest BCUT2D eigenvalue weighted by Crippen LogP contribution is -2.22. The second kappa shape index (κ2) is 4.06. The van der Waals surface area contributed by atoms with Gasteiger partial charge in [-0.1, -0.05) is 6.07 Å². The van der Waals surface area contributed by atoms with Gasteiger partial charge in [-0.25, -0.2) is 4.39 Å². The fourth-order valence-corrected chi connectivity index (χ4v) is 1.59. The zero-order chi connectivity index (χ0) is 11.7. The summed E-state index contributed by atoms with van der Waals surface area (Å²) in [7, 11) is 3.53. The number of rotatable bonds is 3. The quantitative estimate of drug-likeness (QED) is 0.746. The summed E-state index contributed by atoms with van der Waals surface area (Å²) < 4.78 is 18.9. The van der Waals surface area contributed by atoms with Crippen LogP contribution in [0.5, 0.6) is 0 Å². The van der Waals surface area contributed by atoms with Crippen LogP contribution >= 0.6 is 0 Å². The van der Waals surface area contributed by atoms with E-state index >= 15 is 0 Å². The number of carbonyl (C=O) groups excluding carboxylic acids is 1. The molecular formula is C12H12FNO2. The first-order valence-corrected chi connectivity index (χ1v) is 4.93. The maximum absolute atomic E-state index is 13.9. The molecule has 4 heteroatoms. The zero-order valence-corrected chi connectivity index (χ0v) is 9.16.